The molecule has 0 saturated heterocycles. The predicted octanol–water partition coefficient (Wildman–Crippen LogP) is 3.80. The predicted molar refractivity (Wildman–Crippen MR) is 110 cm³/mol. The van der Waals surface area contributed by atoms with Gasteiger partial charge in [0.1, 0.15) is 5.76 Å². The minimum atomic E-state index is -3.72. The summed E-state index contributed by atoms with van der Waals surface area (Å²) in [4.78, 5) is 13.3. The summed E-state index contributed by atoms with van der Waals surface area (Å²) in [5.74, 6) is 0.543. The third-order valence-corrected chi connectivity index (χ3v) is 6.25. The molecule has 0 atom stereocenters. The Labute approximate surface area is 168 Å². The van der Waals surface area contributed by atoms with Gasteiger partial charge in [0.2, 0.25) is 15.9 Å². The summed E-state index contributed by atoms with van der Waals surface area (Å²) in [6.45, 7) is 2.06. The molecule has 1 aromatic heterocycles. The first-order valence-corrected chi connectivity index (χ1v) is 11.0. The fourth-order valence-corrected chi connectivity index (χ4v) is 4.12. The summed E-state index contributed by atoms with van der Waals surface area (Å²) in [7, 11) is -3.72. The van der Waals surface area contributed by atoms with E-state index in [-0.39, 0.29) is 23.1 Å². The first-order chi connectivity index (χ1) is 13.4. The van der Waals surface area contributed by atoms with Crippen molar-refractivity contribution in [1.82, 2.24) is 4.72 Å². The lowest BCUT2D eigenvalue weighted by molar-refractivity contribution is -0.113. The third kappa shape index (κ3) is 5.72. The zero-order chi connectivity index (χ0) is 20.0. The van der Waals surface area contributed by atoms with E-state index in [1.165, 1.54) is 30.2 Å². The molecule has 2 N–H and O–H groups in total. The maximum Gasteiger partial charge on any atom is 0.241 e. The summed E-state index contributed by atoms with van der Waals surface area (Å²) in [6, 6.07) is 17.4. The van der Waals surface area contributed by atoms with Crippen molar-refractivity contribution in [2.45, 2.75) is 23.3 Å². The lowest BCUT2D eigenvalue weighted by atomic mass is 10.2. The molecule has 0 aliphatic heterocycles. The van der Waals surface area contributed by atoms with Gasteiger partial charge in [-0.1, -0.05) is 23.8 Å². The molecule has 1 amide bonds. The van der Waals surface area contributed by atoms with Crippen LogP contribution in [0.1, 0.15) is 11.3 Å². The molecule has 146 valence electrons. The van der Waals surface area contributed by atoms with E-state index in [9.17, 15) is 13.2 Å². The number of anilines is 1. The van der Waals surface area contributed by atoms with Crippen molar-refractivity contribution in [2.75, 3.05) is 11.1 Å². The second-order valence-corrected chi connectivity index (χ2v) is 8.90. The summed E-state index contributed by atoms with van der Waals surface area (Å²) in [5.41, 5.74) is 1.59. The molecule has 1 heterocycles. The van der Waals surface area contributed by atoms with Gasteiger partial charge in [-0.25, -0.2) is 13.1 Å². The van der Waals surface area contributed by atoms with Gasteiger partial charge in [0, 0.05) is 10.6 Å². The van der Waals surface area contributed by atoms with E-state index in [1.54, 1.807) is 24.3 Å². The lowest BCUT2D eigenvalue weighted by Gasteiger charge is -2.09. The lowest BCUT2D eigenvalue weighted by Crippen LogP contribution is -2.23. The van der Waals surface area contributed by atoms with Crippen LogP contribution in [0.4, 0.5) is 5.69 Å². The van der Waals surface area contributed by atoms with Gasteiger partial charge in [0.25, 0.3) is 0 Å². The van der Waals surface area contributed by atoms with Crippen molar-refractivity contribution < 1.29 is 17.6 Å². The Morgan fingerprint density at radius 3 is 2.57 bits per heavy atom. The zero-order valence-electron chi connectivity index (χ0n) is 15.2. The molecule has 0 radical (unpaired) electrons. The normalized spacial score (nSPS) is 11.3. The number of carbonyl (C=O) groups excluding carboxylic acids is 1. The van der Waals surface area contributed by atoms with Gasteiger partial charge in [-0.3, -0.25) is 4.79 Å². The van der Waals surface area contributed by atoms with E-state index in [1.807, 2.05) is 31.2 Å². The van der Waals surface area contributed by atoms with Crippen LogP contribution in [0.25, 0.3) is 0 Å². The first-order valence-electron chi connectivity index (χ1n) is 8.54. The molecule has 0 spiro atoms. The van der Waals surface area contributed by atoms with Crippen molar-refractivity contribution in [3.8, 4) is 0 Å². The monoisotopic (exact) mass is 416 g/mol. The topological polar surface area (TPSA) is 88.4 Å². The largest absolute Gasteiger partial charge is 0.468 e. The smallest absolute Gasteiger partial charge is 0.241 e. The number of amides is 1. The molecule has 0 unspecified atom stereocenters. The molecule has 3 aromatic rings. The summed E-state index contributed by atoms with van der Waals surface area (Å²) in [6.07, 6.45) is 1.48. The number of furan rings is 1. The Hall–Kier alpha value is -2.55. The molecule has 28 heavy (non-hydrogen) atoms. The minimum absolute atomic E-state index is 0.0547. The van der Waals surface area contributed by atoms with Gasteiger partial charge in [0.05, 0.1) is 23.5 Å². The van der Waals surface area contributed by atoms with Gasteiger partial charge in [-0.05, 0) is 49.4 Å². The number of hydrogen-bond acceptors (Lipinski definition) is 5. The molecule has 3 rings (SSSR count). The molecule has 6 nitrogen and oxygen atoms in total. The molecule has 2 aromatic carbocycles. The average molecular weight is 417 g/mol. The van der Waals surface area contributed by atoms with Crippen LogP contribution in [0.2, 0.25) is 0 Å². The van der Waals surface area contributed by atoms with Gasteiger partial charge < -0.3 is 9.73 Å². The van der Waals surface area contributed by atoms with E-state index in [0.717, 1.165) is 10.5 Å². The number of carbonyl (C=O) groups is 1. The van der Waals surface area contributed by atoms with Gasteiger partial charge >= 0.3 is 0 Å². The summed E-state index contributed by atoms with van der Waals surface area (Å²) < 4.78 is 32.5. The second-order valence-electron chi connectivity index (χ2n) is 6.08. The minimum Gasteiger partial charge on any atom is -0.468 e. The van der Waals surface area contributed by atoms with Gasteiger partial charge in [-0.15, -0.1) is 11.8 Å². The van der Waals surface area contributed by atoms with E-state index in [4.69, 9.17) is 4.42 Å². The zero-order valence-corrected chi connectivity index (χ0v) is 16.8. The van der Waals surface area contributed by atoms with Gasteiger partial charge in [0.15, 0.2) is 0 Å². The van der Waals surface area contributed by atoms with Crippen molar-refractivity contribution >= 4 is 33.4 Å². The Bertz CT molecular complexity index is 1030. The van der Waals surface area contributed by atoms with Crippen molar-refractivity contribution in [2.24, 2.45) is 0 Å². The fraction of sp³-hybridized carbons (Fsp3) is 0.150. The fourth-order valence-electron chi connectivity index (χ4n) is 2.38. The molecule has 0 aliphatic rings. The standard InChI is InChI=1S/C20H20N2O4S2/c1-15-7-9-18(10-8-15)27-14-20(23)22-16-4-2-6-19(12-16)28(24,25)21-13-17-5-3-11-26-17/h2-12,21H,13-14H2,1H3,(H,22,23). The van der Waals surface area contributed by atoms with E-state index in [0.29, 0.717) is 11.4 Å². The van der Waals surface area contributed by atoms with Crippen LogP contribution in [0.3, 0.4) is 0 Å². The summed E-state index contributed by atoms with van der Waals surface area (Å²) in [5, 5.41) is 2.74. The molecular formula is C20H20N2O4S2. The number of nitrogens with one attached hydrogen (secondary N) is 2. The van der Waals surface area contributed by atoms with E-state index < -0.39 is 10.0 Å². The van der Waals surface area contributed by atoms with Crippen molar-refractivity contribution in [3.05, 3.63) is 78.3 Å². The highest BCUT2D eigenvalue weighted by Gasteiger charge is 2.15. The van der Waals surface area contributed by atoms with Crippen molar-refractivity contribution in [1.29, 1.82) is 0 Å². The highest BCUT2D eigenvalue weighted by atomic mass is 32.2. The number of thioether (sulfide) groups is 1. The molecular weight excluding hydrogens is 396 g/mol. The Balaban J connectivity index is 1.58. The highest BCUT2D eigenvalue weighted by molar-refractivity contribution is 8.00. The molecule has 8 heteroatoms. The maximum absolute atomic E-state index is 12.4. The molecule has 0 fully saturated rings. The Kier molecular flexibility index (Phi) is 6.56. The second kappa shape index (κ2) is 9.09. The maximum atomic E-state index is 12.4. The number of hydrogen-bond donors (Lipinski definition) is 2. The highest BCUT2D eigenvalue weighted by Crippen LogP contribution is 2.20. The van der Waals surface area contributed by atoms with Crippen LogP contribution in [-0.2, 0) is 21.4 Å². The van der Waals surface area contributed by atoms with Crippen LogP contribution < -0.4 is 10.0 Å². The van der Waals surface area contributed by atoms with Crippen LogP contribution in [0.15, 0.2) is 81.1 Å². The van der Waals surface area contributed by atoms with E-state index in [2.05, 4.69) is 10.0 Å². The van der Waals surface area contributed by atoms with Crippen LogP contribution in [-0.4, -0.2) is 20.1 Å². The SMILES string of the molecule is Cc1ccc(SCC(=O)Nc2cccc(S(=O)(=O)NCc3ccco3)c2)cc1. The summed E-state index contributed by atoms with van der Waals surface area (Å²) >= 11 is 1.42. The third-order valence-electron chi connectivity index (χ3n) is 3.84. The molecule has 0 saturated carbocycles. The van der Waals surface area contributed by atoms with Crippen LogP contribution in [0, 0.1) is 6.92 Å². The number of sulfonamides is 1. The quantitative estimate of drug-likeness (QED) is 0.546. The van der Waals surface area contributed by atoms with Crippen molar-refractivity contribution in [3.63, 3.8) is 0 Å². The molecule has 0 bridgehead atoms. The van der Waals surface area contributed by atoms with Gasteiger partial charge in [-0.2, -0.15) is 0 Å². The number of rotatable bonds is 8. The molecule has 0 aliphatic carbocycles. The Morgan fingerprint density at radius 1 is 1.07 bits per heavy atom. The van der Waals surface area contributed by atoms with Crippen LogP contribution >= 0.6 is 11.8 Å². The van der Waals surface area contributed by atoms with Crippen LogP contribution in [0.5, 0.6) is 0 Å². The average Bonchev–Trinajstić information content (AvgIpc) is 3.20. The number of aryl methyl sites for hydroxylation is 1. The Morgan fingerprint density at radius 2 is 1.86 bits per heavy atom. The van der Waals surface area contributed by atoms with E-state index >= 15 is 0 Å². The first kappa shape index (κ1) is 20.2. The number of benzene rings is 2.